The number of aryl methyl sites for hydroxylation is 1. The van der Waals surface area contributed by atoms with Crippen molar-refractivity contribution < 1.29 is 9.53 Å². The average Bonchev–Trinajstić information content (AvgIpc) is 3.10. The van der Waals surface area contributed by atoms with E-state index in [9.17, 15) is 4.79 Å². The Bertz CT molecular complexity index is 606. The van der Waals surface area contributed by atoms with Gasteiger partial charge in [0.1, 0.15) is 6.10 Å². The van der Waals surface area contributed by atoms with Crippen molar-refractivity contribution in [3.63, 3.8) is 0 Å². The Morgan fingerprint density at radius 2 is 2.08 bits per heavy atom. The second-order valence-electron chi connectivity index (χ2n) is 7.79. The van der Waals surface area contributed by atoms with E-state index in [0.717, 1.165) is 58.3 Å². The van der Waals surface area contributed by atoms with Crippen molar-refractivity contribution >= 4 is 5.97 Å². The standard InChI is InChI=1S/C18H28N4O2/c1-22(12-16-14-4-2-3-5-15(14)20-21-16)11-13-10-18(17(23)24-13)6-8-19-9-7-18/h13,19H,2-12H2,1H3,(H,20,21). The molecule has 4 rings (SSSR count). The maximum Gasteiger partial charge on any atom is 0.312 e. The van der Waals surface area contributed by atoms with Crippen LogP contribution in [0.15, 0.2) is 0 Å². The summed E-state index contributed by atoms with van der Waals surface area (Å²) >= 11 is 0. The zero-order chi connectivity index (χ0) is 16.6. The molecular weight excluding hydrogens is 304 g/mol. The molecule has 3 aliphatic rings. The second kappa shape index (κ2) is 6.48. The van der Waals surface area contributed by atoms with Crippen molar-refractivity contribution in [1.29, 1.82) is 0 Å². The first-order valence-corrected chi connectivity index (χ1v) is 9.32. The number of rotatable bonds is 4. The van der Waals surface area contributed by atoms with Crippen LogP contribution in [0.3, 0.4) is 0 Å². The number of nitrogens with one attached hydrogen (secondary N) is 2. The predicted molar refractivity (Wildman–Crippen MR) is 90.6 cm³/mol. The number of nitrogens with zero attached hydrogens (tertiary/aromatic N) is 2. The van der Waals surface area contributed by atoms with Gasteiger partial charge in [-0.3, -0.25) is 14.8 Å². The Morgan fingerprint density at radius 3 is 2.92 bits per heavy atom. The molecule has 24 heavy (non-hydrogen) atoms. The number of likely N-dealkylation sites (N-methyl/N-ethyl adjacent to an activating group) is 1. The summed E-state index contributed by atoms with van der Waals surface area (Å²) < 4.78 is 5.72. The Labute approximate surface area is 143 Å². The maximum absolute atomic E-state index is 12.4. The van der Waals surface area contributed by atoms with Crippen LogP contribution in [0.2, 0.25) is 0 Å². The fraction of sp³-hybridized carbons (Fsp3) is 0.778. The van der Waals surface area contributed by atoms with E-state index in [-0.39, 0.29) is 17.5 Å². The lowest BCUT2D eigenvalue weighted by Gasteiger charge is -2.29. The first-order chi connectivity index (χ1) is 11.7. The number of fused-ring (bicyclic) bond motifs is 1. The third-order valence-corrected chi connectivity index (χ3v) is 5.96. The molecule has 0 amide bonds. The zero-order valence-electron chi connectivity index (χ0n) is 14.6. The summed E-state index contributed by atoms with van der Waals surface area (Å²) in [4.78, 5) is 14.6. The van der Waals surface area contributed by atoms with Crippen LogP contribution in [0.1, 0.15) is 49.1 Å². The quantitative estimate of drug-likeness (QED) is 0.816. The highest BCUT2D eigenvalue weighted by molar-refractivity contribution is 5.79. The molecule has 3 heterocycles. The summed E-state index contributed by atoms with van der Waals surface area (Å²) in [5, 5.41) is 11.1. The van der Waals surface area contributed by atoms with Crippen LogP contribution in [-0.2, 0) is 28.9 Å². The van der Waals surface area contributed by atoms with Crippen LogP contribution in [-0.4, -0.2) is 53.9 Å². The highest BCUT2D eigenvalue weighted by Crippen LogP contribution is 2.41. The number of aromatic nitrogens is 2. The van der Waals surface area contributed by atoms with Gasteiger partial charge in [-0.05, 0) is 64.2 Å². The Balaban J connectivity index is 1.36. The van der Waals surface area contributed by atoms with Crippen molar-refractivity contribution in [2.24, 2.45) is 5.41 Å². The molecule has 2 saturated heterocycles. The van der Waals surface area contributed by atoms with Gasteiger partial charge in [-0.2, -0.15) is 5.10 Å². The van der Waals surface area contributed by atoms with Gasteiger partial charge < -0.3 is 10.1 Å². The molecule has 0 radical (unpaired) electrons. The molecule has 6 nitrogen and oxygen atoms in total. The molecular formula is C18H28N4O2. The zero-order valence-corrected chi connectivity index (χ0v) is 14.6. The molecule has 0 aromatic carbocycles. The first-order valence-electron chi connectivity index (χ1n) is 9.32. The van der Waals surface area contributed by atoms with E-state index < -0.39 is 0 Å². The number of hydrogen-bond donors (Lipinski definition) is 2. The number of cyclic esters (lactones) is 1. The monoisotopic (exact) mass is 332 g/mol. The fourth-order valence-electron chi connectivity index (χ4n) is 4.60. The van der Waals surface area contributed by atoms with Gasteiger partial charge in [0.15, 0.2) is 0 Å². The van der Waals surface area contributed by atoms with Crippen LogP contribution in [0.4, 0.5) is 0 Å². The molecule has 132 valence electrons. The largest absolute Gasteiger partial charge is 0.461 e. The number of esters is 1. The first kappa shape index (κ1) is 16.1. The Hall–Kier alpha value is -1.40. The smallest absolute Gasteiger partial charge is 0.312 e. The summed E-state index contributed by atoms with van der Waals surface area (Å²) in [5.41, 5.74) is 3.70. The maximum atomic E-state index is 12.4. The van der Waals surface area contributed by atoms with E-state index in [0.29, 0.717) is 0 Å². The minimum Gasteiger partial charge on any atom is -0.461 e. The van der Waals surface area contributed by atoms with Crippen molar-refractivity contribution in [2.75, 3.05) is 26.7 Å². The highest BCUT2D eigenvalue weighted by atomic mass is 16.6. The fourth-order valence-corrected chi connectivity index (χ4v) is 4.60. The lowest BCUT2D eigenvalue weighted by Crippen LogP contribution is -2.39. The van der Waals surface area contributed by atoms with Gasteiger partial charge in [-0.1, -0.05) is 0 Å². The van der Waals surface area contributed by atoms with Crippen LogP contribution >= 0.6 is 0 Å². The SMILES string of the molecule is CN(Cc1n[nH]c2c1CCCC2)CC1CC2(CCNCC2)C(=O)O1. The Morgan fingerprint density at radius 1 is 1.29 bits per heavy atom. The van der Waals surface area contributed by atoms with Gasteiger partial charge in [0.25, 0.3) is 0 Å². The molecule has 1 atom stereocenters. The number of carbonyl (C=O) groups is 1. The van der Waals surface area contributed by atoms with Gasteiger partial charge in [0, 0.05) is 25.2 Å². The molecule has 2 aliphatic heterocycles. The highest BCUT2D eigenvalue weighted by Gasteiger charge is 2.49. The normalized spacial score (nSPS) is 25.9. The van der Waals surface area contributed by atoms with Crippen molar-refractivity contribution in [2.45, 2.75) is 57.6 Å². The van der Waals surface area contributed by atoms with Crippen molar-refractivity contribution in [3.8, 4) is 0 Å². The predicted octanol–water partition coefficient (Wildman–Crippen LogP) is 1.41. The van der Waals surface area contributed by atoms with Crippen LogP contribution < -0.4 is 5.32 Å². The molecule has 2 N–H and O–H groups in total. The number of carbonyl (C=O) groups excluding carboxylic acids is 1. The number of aromatic amines is 1. The van der Waals surface area contributed by atoms with Crippen molar-refractivity contribution in [3.05, 3.63) is 17.0 Å². The van der Waals surface area contributed by atoms with Crippen molar-refractivity contribution in [1.82, 2.24) is 20.4 Å². The van der Waals surface area contributed by atoms with E-state index >= 15 is 0 Å². The molecule has 1 aromatic heterocycles. The van der Waals surface area contributed by atoms with E-state index in [1.807, 2.05) is 0 Å². The average molecular weight is 332 g/mol. The minimum atomic E-state index is -0.220. The molecule has 0 saturated carbocycles. The van der Waals surface area contributed by atoms with Gasteiger partial charge in [0.05, 0.1) is 11.1 Å². The molecule has 1 aromatic rings. The third kappa shape index (κ3) is 2.97. The van der Waals surface area contributed by atoms with Gasteiger partial charge in [-0.15, -0.1) is 0 Å². The van der Waals surface area contributed by atoms with E-state index in [1.54, 1.807) is 0 Å². The van der Waals surface area contributed by atoms with Crippen LogP contribution in [0.5, 0.6) is 0 Å². The summed E-state index contributed by atoms with van der Waals surface area (Å²) in [6.45, 7) is 3.48. The van der Waals surface area contributed by atoms with Crippen LogP contribution in [0.25, 0.3) is 0 Å². The topological polar surface area (TPSA) is 70.2 Å². The number of hydrogen-bond acceptors (Lipinski definition) is 5. The number of ether oxygens (including phenoxy) is 1. The summed E-state index contributed by atoms with van der Waals surface area (Å²) in [6.07, 6.45) is 7.52. The third-order valence-electron chi connectivity index (χ3n) is 5.96. The molecule has 1 spiro atoms. The lowest BCUT2D eigenvalue weighted by molar-refractivity contribution is -0.150. The summed E-state index contributed by atoms with van der Waals surface area (Å²) in [7, 11) is 2.10. The van der Waals surface area contributed by atoms with Gasteiger partial charge >= 0.3 is 5.97 Å². The number of piperidine rings is 1. The summed E-state index contributed by atoms with van der Waals surface area (Å²) in [6, 6.07) is 0. The molecule has 0 bridgehead atoms. The number of H-pyrrole nitrogens is 1. The Kier molecular flexibility index (Phi) is 4.35. The minimum absolute atomic E-state index is 0.0235. The van der Waals surface area contributed by atoms with E-state index in [4.69, 9.17) is 4.74 Å². The molecule has 1 unspecified atom stereocenters. The summed E-state index contributed by atoms with van der Waals surface area (Å²) in [5.74, 6) is 0.0274. The molecule has 6 heteroatoms. The van der Waals surface area contributed by atoms with Gasteiger partial charge in [0.2, 0.25) is 0 Å². The lowest BCUT2D eigenvalue weighted by atomic mass is 9.76. The second-order valence-corrected chi connectivity index (χ2v) is 7.79. The van der Waals surface area contributed by atoms with Gasteiger partial charge in [-0.25, -0.2) is 0 Å². The van der Waals surface area contributed by atoms with E-state index in [1.165, 1.54) is 29.8 Å². The van der Waals surface area contributed by atoms with E-state index in [2.05, 4.69) is 27.5 Å². The molecule has 2 fully saturated rings. The molecule has 1 aliphatic carbocycles. The van der Waals surface area contributed by atoms with Crippen LogP contribution in [0, 0.1) is 5.41 Å².